The van der Waals surface area contributed by atoms with E-state index in [1.54, 1.807) is 0 Å². The molecule has 0 aromatic carbocycles. The quantitative estimate of drug-likeness (QED) is 0.877. The zero-order chi connectivity index (χ0) is 13.0. The molecule has 1 unspecified atom stereocenters. The van der Waals surface area contributed by atoms with Crippen LogP contribution in [0, 0.1) is 6.92 Å². The molecule has 98 valence electrons. The molecule has 2 heterocycles. The summed E-state index contributed by atoms with van der Waals surface area (Å²) >= 11 is 0. The van der Waals surface area contributed by atoms with Crippen LogP contribution in [0.15, 0.2) is 18.2 Å². The molecule has 1 amide bonds. The van der Waals surface area contributed by atoms with Crippen LogP contribution in [0.4, 0.5) is 0 Å². The number of aromatic nitrogens is 1. The zero-order valence-electron chi connectivity index (χ0n) is 11.1. The van der Waals surface area contributed by atoms with E-state index in [4.69, 9.17) is 0 Å². The first-order valence-corrected chi connectivity index (χ1v) is 6.65. The summed E-state index contributed by atoms with van der Waals surface area (Å²) in [5, 5.41) is 3.25. The second-order valence-electron chi connectivity index (χ2n) is 4.78. The largest absolute Gasteiger partial charge is 0.335 e. The van der Waals surface area contributed by atoms with Gasteiger partial charge in [0.2, 0.25) is 5.91 Å². The van der Waals surface area contributed by atoms with Gasteiger partial charge in [0.15, 0.2) is 0 Å². The van der Waals surface area contributed by atoms with Gasteiger partial charge in [-0.25, -0.2) is 0 Å². The number of nitrogens with zero attached hydrogens (tertiary/aromatic N) is 2. The van der Waals surface area contributed by atoms with Crippen molar-refractivity contribution in [2.24, 2.45) is 0 Å². The van der Waals surface area contributed by atoms with Crippen LogP contribution in [0.3, 0.4) is 0 Å². The molecule has 2 rings (SSSR count). The molecule has 1 atom stereocenters. The highest BCUT2D eigenvalue weighted by Gasteiger charge is 2.27. The summed E-state index contributed by atoms with van der Waals surface area (Å²) in [5.74, 6) is 0.214. The van der Waals surface area contributed by atoms with Crippen molar-refractivity contribution in [3.05, 3.63) is 29.6 Å². The lowest BCUT2D eigenvalue weighted by molar-refractivity contribution is -0.136. The first-order valence-electron chi connectivity index (χ1n) is 6.65. The number of carbonyl (C=O) groups excluding carboxylic acids is 1. The molecule has 0 aliphatic carbocycles. The molecule has 4 nitrogen and oxygen atoms in total. The smallest absolute Gasteiger partial charge is 0.240 e. The second kappa shape index (κ2) is 5.96. The monoisotopic (exact) mass is 247 g/mol. The van der Waals surface area contributed by atoms with Gasteiger partial charge in [0.1, 0.15) is 0 Å². The van der Waals surface area contributed by atoms with Gasteiger partial charge in [-0.3, -0.25) is 9.78 Å². The van der Waals surface area contributed by atoms with E-state index in [1.807, 2.05) is 36.9 Å². The van der Waals surface area contributed by atoms with Gasteiger partial charge in [-0.1, -0.05) is 13.0 Å². The molecule has 0 spiro atoms. The summed E-state index contributed by atoms with van der Waals surface area (Å²) in [6, 6.07) is 5.95. The van der Waals surface area contributed by atoms with Crippen LogP contribution < -0.4 is 5.32 Å². The van der Waals surface area contributed by atoms with Gasteiger partial charge in [-0.15, -0.1) is 0 Å². The van der Waals surface area contributed by atoms with Crippen LogP contribution >= 0.6 is 0 Å². The second-order valence-corrected chi connectivity index (χ2v) is 4.78. The van der Waals surface area contributed by atoms with E-state index in [9.17, 15) is 4.79 Å². The number of aryl methyl sites for hydroxylation is 1. The highest BCUT2D eigenvalue weighted by atomic mass is 16.2. The minimum Gasteiger partial charge on any atom is -0.335 e. The minimum atomic E-state index is -0.00596. The predicted molar refractivity (Wildman–Crippen MR) is 71.1 cm³/mol. The van der Waals surface area contributed by atoms with E-state index < -0.39 is 0 Å². The van der Waals surface area contributed by atoms with Crippen LogP contribution in [0.25, 0.3) is 0 Å². The van der Waals surface area contributed by atoms with Gasteiger partial charge >= 0.3 is 0 Å². The number of nitrogens with one attached hydrogen (secondary N) is 1. The Morgan fingerprint density at radius 2 is 2.33 bits per heavy atom. The molecule has 18 heavy (non-hydrogen) atoms. The first kappa shape index (κ1) is 13.0. The number of hydrogen-bond donors (Lipinski definition) is 1. The molecule has 1 aliphatic heterocycles. The SMILES string of the molecule is CCNC1CCCN(Cc2cccc(C)n2)C1=O. The van der Waals surface area contributed by atoms with Crippen molar-refractivity contribution in [3.63, 3.8) is 0 Å². The minimum absolute atomic E-state index is 0.00596. The fourth-order valence-electron chi connectivity index (χ4n) is 2.42. The molecular formula is C14H21N3O. The average molecular weight is 247 g/mol. The Balaban J connectivity index is 2.02. The highest BCUT2D eigenvalue weighted by Crippen LogP contribution is 2.14. The van der Waals surface area contributed by atoms with Crippen molar-refractivity contribution < 1.29 is 4.79 Å². The topological polar surface area (TPSA) is 45.2 Å². The Hall–Kier alpha value is -1.42. The maximum absolute atomic E-state index is 12.2. The van der Waals surface area contributed by atoms with Crippen molar-refractivity contribution in [1.82, 2.24) is 15.2 Å². The standard InChI is InChI=1S/C14H21N3O/c1-3-15-13-8-5-9-17(14(13)18)10-12-7-4-6-11(2)16-12/h4,6-7,13,15H,3,5,8-10H2,1-2H3. The number of rotatable bonds is 4. The number of hydrogen-bond acceptors (Lipinski definition) is 3. The molecule has 1 aromatic rings. The molecule has 1 saturated heterocycles. The Labute approximate surface area is 108 Å². The number of likely N-dealkylation sites (tertiary alicyclic amines) is 1. The van der Waals surface area contributed by atoms with Crippen molar-refractivity contribution in [2.75, 3.05) is 13.1 Å². The lowest BCUT2D eigenvalue weighted by atomic mass is 10.0. The zero-order valence-corrected chi connectivity index (χ0v) is 11.1. The molecule has 0 saturated carbocycles. The normalized spacial score (nSPS) is 20.2. The lowest BCUT2D eigenvalue weighted by Crippen LogP contribution is -2.50. The highest BCUT2D eigenvalue weighted by molar-refractivity contribution is 5.82. The third-order valence-electron chi connectivity index (χ3n) is 3.28. The van der Waals surface area contributed by atoms with Crippen LogP contribution in [0.5, 0.6) is 0 Å². The third kappa shape index (κ3) is 3.07. The van der Waals surface area contributed by atoms with Crippen LogP contribution in [-0.2, 0) is 11.3 Å². The summed E-state index contributed by atoms with van der Waals surface area (Å²) in [4.78, 5) is 18.6. The average Bonchev–Trinajstić information content (AvgIpc) is 2.35. The molecule has 1 fully saturated rings. The third-order valence-corrected chi connectivity index (χ3v) is 3.28. The molecule has 1 aliphatic rings. The molecular weight excluding hydrogens is 226 g/mol. The van der Waals surface area contributed by atoms with Crippen molar-refractivity contribution in [1.29, 1.82) is 0 Å². The van der Waals surface area contributed by atoms with Crippen LogP contribution in [-0.4, -0.2) is 34.9 Å². The summed E-state index contributed by atoms with van der Waals surface area (Å²) in [5.41, 5.74) is 1.97. The van der Waals surface area contributed by atoms with Gasteiger partial charge in [0.05, 0.1) is 18.3 Å². The van der Waals surface area contributed by atoms with E-state index in [2.05, 4.69) is 10.3 Å². The summed E-state index contributed by atoms with van der Waals surface area (Å²) in [7, 11) is 0. The molecule has 1 aromatic heterocycles. The van der Waals surface area contributed by atoms with E-state index in [0.717, 1.165) is 37.3 Å². The number of pyridine rings is 1. The van der Waals surface area contributed by atoms with Gasteiger partial charge in [-0.05, 0) is 38.4 Å². The number of likely N-dealkylation sites (N-methyl/N-ethyl adjacent to an activating group) is 1. The van der Waals surface area contributed by atoms with Crippen molar-refractivity contribution in [2.45, 2.75) is 39.3 Å². The molecule has 1 N–H and O–H groups in total. The predicted octanol–water partition coefficient (Wildman–Crippen LogP) is 1.49. The van der Waals surface area contributed by atoms with Crippen molar-refractivity contribution >= 4 is 5.91 Å². The summed E-state index contributed by atoms with van der Waals surface area (Å²) in [6.07, 6.45) is 2.01. The van der Waals surface area contributed by atoms with Gasteiger partial charge < -0.3 is 10.2 Å². The first-order chi connectivity index (χ1) is 8.70. The van der Waals surface area contributed by atoms with Crippen LogP contribution in [0.1, 0.15) is 31.2 Å². The Kier molecular flexibility index (Phi) is 4.31. The van der Waals surface area contributed by atoms with Crippen LogP contribution in [0.2, 0.25) is 0 Å². The fourth-order valence-corrected chi connectivity index (χ4v) is 2.42. The van der Waals surface area contributed by atoms with Crippen molar-refractivity contribution in [3.8, 4) is 0 Å². The van der Waals surface area contributed by atoms with E-state index in [1.165, 1.54) is 0 Å². The number of amides is 1. The van der Waals surface area contributed by atoms with Gasteiger partial charge in [0.25, 0.3) is 0 Å². The summed E-state index contributed by atoms with van der Waals surface area (Å²) in [6.45, 7) is 6.32. The van der Waals surface area contributed by atoms with E-state index >= 15 is 0 Å². The maximum Gasteiger partial charge on any atom is 0.240 e. The fraction of sp³-hybridized carbons (Fsp3) is 0.571. The number of carbonyl (C=O) groups is 1. The maximum atomic E-state index is 12.2. The van der Waals surface area contributed by atoms with Gasteiger partial charge in [0, 0.05) is 12.2 Å². The van der Waals surface area contributed by atoms with E-state index in [-0.39, 0.29) is 11.9 Å². The lowest BCUT2D eigenvalue weighted by Gasteiger charge is -2.32. The Bertz CT molecular complexity index is 417. The molecule has 0 radical (unpaired) electrons. The van der Waals surface area contributed by atoms with Gasteiger partial charge in [-0.2, -0.15) is 0 Å². The van der Waals surface area contributed by atoms with E-state index in [0.29, 0.717) is 6.54 Å². The number of piperidine rings is 1. The molecule has 0 bridgehead atoms. The Morgan fingerprint density at radius 1 is 1.50 bits per heavy atom. The summed E-state index contributed by atoms with van der Waals surface area (Å²) < 4.78 is 0. The Morgan fingerprint density at radius 3 is 3.06 bits per heavy atom. The molecule has 4 heteroatoms.